The van der Waals surface area contributed by atoms with Crippen molar-refractivity contribution >= 4 is 24.7 Å². The van der Waals surface area contributed by atoms with Crippen LogP contribution < -0.4 is 5.32 Å². The minimum Gasteiger partial charge on any atom is -0.464 e. The molecule has 1 N–H and O–H groups in total. The molecule has 0 heterocycles. The monoisotopic (exact) mass is 353 g/mol. The molecule has 134 valence electrons. The van der Waals surface area contributed by atoms with E-state index in [1.54, 1.807) is 20.8 Å². The average molecular weight is 353 g/mol. The second-order valence-electron chi connectivity index (χ2n) is 6.59. The van der Waals surface area contributed by atoms with Gasteiger partial charge < -0.3 is 14.8 Å². The molecule has 0 spiro atoms. The molecule has 0 bridgehead atoms. The summed E-state index contributed by atoms with van der Waals surface area (Å²) in [6.07, 6.45) is 1.40. The molecular formula is C18H27NO4S. The number of rotatable bonds is 7. The number of amides is 1. The number of carbonyl (C=O) groups excluding carboxylic acids is 2. The molecule has 1 unspecified atom stereocenters. The highest BCUT2D eigenvalue weighted by Gasteiger charge is 2.25. The van der Waals surface area contributed by atoms with Gasteiger partial charge in [0.05, 0.1) is 6.61 Å². The lowest BCUT2D eigenvalue weighted by molar-refractivity contribution is -0.146. The fraction of sp³-hybridized carbons (Fsp3) is 0.556. The standard InChI is InChI=1S/C18H27NO4S/c1-5-6-10-22-16(20)15(19-17(21)23-18(2,3)4)12-13-8-7-9-14(24)11-13/h7-9,11,15,24H,5-6,10,12H2,1-4H3,(H,19,21). The number of thiol groups is 1. The molecule has 0 saturated heterocycles. The molecule has 0 radical (unpaired) electrons. The Kier molecular flexibility index (Phi) is 8.11. The first-order valence-electron chi connectivity index (χ1n) is 8.15. The SMILES string of the molecule is CCCCOC(=O)C(Cc1cccc(S)c1)NC(=O)OC(C)(C)C. The molecule has 0 fully saturated rings. The van der Waals surface area contributed by atoms with Gasteiger partial charge in [-0.1, -0.05) is 25.5 Å². The Morgan fingerprint density at radius 2 is 2.00 bits per heavy atom. The Morgan fingerprint density at radius 1 is 1.29 bits per heavy atom. The third kappa shape index (κ3) is 8.24. The quantitative estimate of drug-likeness (QED) is 0.445. The van der Waals surface area contributed by atoms with Crippen molar-refractivity contribution < 1.29 is 19.1 Å². The van der Waals surface area contributed by atoms with Gasteiger partial charge in [-0.2, -0.15) is 0 Å². The fourth-order valence-corrected chi connectivity index (χ4v) is 2.23. The lowest BCUT2D eigenvalue weighted by Gasteiger charge is -2.23. The van der Waals surface area contributed by atoms with Crippen molar-refractivity contribution in [2.45, 2.75) is 63.5 Å². The third-order valence-electron chi connectivity index (χ3n) is 3.07. The first-order chi connectivity index (χ1) is 11.2. The van der Waals surface area contributed by atoms with Gasteiger partial charge in [-0.3, -0.25) is 0 Å². The van der Waals surface area contributed by atoms with E-state index in [1.165, 1.54) is 0 Å². The number of hydrogen-bond donors (Lipinski definition) is 2. The van der Waals surface area contributed by atoms with E-state index >= 15 is 0 Å². The van der Waals surface area contributed by atoms with E-state index in [0.29, 0.717) is 13.0 Å². The Balaban J connectivity index is 2.78. The summed E-state index contributed by atoms with van der Waals surface area (Å²) in [4.78, 5) is 25.1. The van der Waals surface area contributed by atoms with Gasteiger partial charge >= 0.3 is 12.1 Å². The van der Waals surface area contributed by atoms with Crippen LogP contribution in [0, 0.1) is 0 Å². The summed E-state index contributed by atoms with van der Waals surface area (Å²) in [5.74, 6) is -0.459. The minimum atomic E-state index is -0.799. The maximum atomic E-state index is 12.3. The summed E-state index contributed by atoms with van der Waals surface area (Å²) in [6, 6.07) is 6.63. The lowest BCUT2D eigenvalue weighted by atomic mass is 10.1. The molecule has 5 nitrogen and oxygen atoms in total. The summed E-state index contributed by atoms with van der Waals surface area (Å²) in [7, 11) is 0. The van der Waals surface area contributed by atoms with Gasteiger partial charge in [0.25, 0.3) is 0 Å². The molecular weight excluding hydrogens is 326 g/mol. The molecule has 0 aromatic heterocycles. The highest BCUT2D eigenvalue weighted by molar-refractivity contribution is 7.80. The maximum Gasteiger partial charge on any atom is 0.408 e. The van der Waals surface area contributed by atoms with Gasteiger partial charge in [-0.25, -0.2) is 9.59 Å². The van der Waals surface area contributed by atoms with E-state index in [1.807, 2.05) is 31.2 Å². The third-order valence-corrected chi connectivity index (χ3v) is 3.35. The van der Waals surface area contributed by atoms with Gasteiger partial charge in [0.15, 0.2) is 0 Å². The van der Waals surface area contributed by atoms with E-state index in [4.69, 9.17) is 9.47 Å². The predicted octanol–water partition coefficient (Wildman–Crippen LogP) is 3.75. The van der Waals surface area contributed by atoms with Crippen LogP contribution in [0.2, 0.25) is 0 Å². The van der Waals surface area contributed by atoms with Crippen molar-refractivity contribution in [1.29, 1.82) is 0 Å². The van der Waals surface area contributed by atoms with Crippen LogP contribution in [-0.2, 0) is 20.7 Å². The van der Waals surface area contributed by atoms with Crippen molar-refractivity contribution in [3.8, 4) is 0 Å². The second kappa shape index (κ2) is 9.57. The molecule has 1 atom stereocenters. The zero-order valence-electron chi connectivity index (χ0n) is 14.8. The van der Waals surface area contributed by atoms with Gasteiger partial charge in [0, 0.05) is 11.3 Å². The van der Waals surface area contributed by atoms with Gasteiger partial charge in [-0.05, 0) is 44.9 Å². The van der Waals surface area contributed by atoms with Crippen molar-refractivity contribution in [2.24, 2.45) is 0 Å². The van der Waals surface area contributed by atoms with Crippen LogP contribution in [0.5, 0.6) is 0 Å². The molecule has 1 amide bonds. The maximum absolute atomic E-state index is 12.3. The molecule has 24 heavy (non-hydrogen) atoms. The second-order valence-corrected chi connectivity index (χ2v) is 7.11. The number of hydrogen-bond acceptors (Lipinski definition) is 5. The van der Waals surface area contributed by atoms with Crippen LogP contribution in [0.15, 0.2) is 29.2 Å². The van der Waals surface area contributed by atoms with E-state index < -0.39 is 23.7 Å². The number of alkyl carbamates (subject to hydrolysis) is 1. The van der Waals surface area contributed by atoms with Crippen LogP contribution in [0.3, 0.4) is 0 Å². The van der Waals surface area contributed by atoms with E-state index in [9.17, 15) is 9.59 Å². The number of benzene rings is 1. The first-order valence-corrected chi connectivity index (χ1v) is 8.60. The minimum absolute atomic E-state index is 0.318. The molecule has 1 rings (SSSR count). The smallest absolute Gasteiger partial charge is 0.408 e. The van der Waals surface area contributed by atoms with E-state index in [2.05, 4.69) is 17.9 Å². The summed E-state index contributed by atoms with van der Waals surface area (Å²) in [5, 5.41) is 2.61. The fourth-order valence-electron chi connectivity index (χ4n) is 1.98. The Bertz CT molecular complexity index is 554. The number of ether oxygens (including phenoxy) is 2. The number of unbranched alkanes of at least 4 members (excludes halogenated alkanes) is 1. The summed E-state index contributed by atoms with van der Waals surface area (Å²) in [6.45, 7) is 7.67. The molecule has 1 aromatic rings. The largest absolute Gasteiger partial charge is 0.464 e. The van der Waals surface area contributed by atoms with Crippen LogP contribution in [0.4, 0.5) is 4.79 Å². The van der Waals surface area contributed by atoms with Gasteiger partial charge in [0.1, 0.15) is 11.6 Å². The van der Waals surface area contributed by atoms with E-state index in [-0.39, 0.29) is 0 Å². The van der Waals surface area contributed by atoms with Crippen molar-refractivity contribution in [3.05, 3.63) is 29.8 Å². The number of carbonyl (C=O) groups is 2. The van der Waals surface area contributed by atoms with Crippen LogP contribution >= 0.6 is 12.6 Å². The Labute approximate surface area is 149 Å². The Morgan fingerprint density at radius 3 is 2.58 bits per heavy atom. The zero-order valence-corrected chi connectivity index (χ0v) is 15.7. The van der Waals surface area contributed by atoms with Crippen LogP contribution in [0.1, 0.15) is 46.1 Å². The molecule has 0 aliphatic carbocycles. The van der Waals surface area contributed by atoms with Crippen molar-refractivity contribution in [1.82, 2.24) is 5.32 Å². The predicted molar refractivity (Wildman–Crippen MR) is 96.4 cm³/mol. The molecule has 6 heteroatoms. The number of nitrogens with one attached hydrogen (secondary N) is 1. The zero-order chi connectivity index (χ0) is 18.2. The molecule has 0 aliphatic heterocycles. The first kappa shape index (κ1) is 20.4. The summed E-state index contributed by atoms with van der Waals surface area (Å²) < 4.78 is 10.5. The number of esters is 1. The summed E-state index contributed by atoms with van der Waals surface area (Å²) >= 11 is 4.30. The van der Waals surface area contributed by atoms with Crippen LogP contribution in [0.25, 0.3) is 0 Å². The highest BCUT2D eigenvalue weighted by atomic mass is 32.1. The van der Waals surface area contributed by atoms with Crippen molar-refractivity contribution in [2.75, 3.05) is 6.61 Å². The molecule has 0 aliphatic rings. The summed E-state index contributed by atoms with van der Waals surface area (Å²) in [5.41, 5.74) is 0.252. The van der Waals surface area contributed by atoms with Crippen molar-refractivity contribution in [3.63, 3.8) is 0 Å². The van der Waals surface area contributed by atoms with E-state index in [0.717, 1.165) is 23.3 Å². The normalized spacial score (nSPS) is 12.4. The van der Waals surface area contributed by atoms with Gasteiger partial charge in [0.2, 0.25) is 0 Å². The van der Waals surface area contributed by atoms with Crippen LogP contribution in [-0.4, -0.2) is 30.3 Å². The lowest BCUT2D eigenvalue weighted by Crippen LogP contribution is -2.45. The highest BCUT2D eigenvalue weighted by Crippen LogP contribution is 2.13. The molecule has 0 saturated carbocycles. The molecule has 1 aromatic carbocycles. The topological polar surface area (TPSA) is 64.6 Å². The Hall–Kier alpha value is -1.69. The average Bonchev–Trinajstić information content (AvgIpc) is 2.44. The van der Waals surface area contributed by atoms with Gasteiger partial charge in [-0.15, -0.1) is 12.6 Å².